The van der Waals surface area contributed by atoms with E-state index in [9.17, 15) is 4.39 Å². The minimum absolute atomic E-state index is 0.205. The molecule has 0 aliphatic rings. The van der Waals surface area contributed by atoms with Crippen molar-refractivity contribution in [3.63, 3.8) is 0 Å². The maximum atomic E-state index is 13.2. The zero-order chi connectivity index (χ0) is 19.1. The summed E-state index contributed by atoms with van der Waals surface area (Å²) in [5, 5.41) is 0. The van der Waals surface area contributed by atoms with Crippen molar-refractivity contribution in [1.29, 1.82) is 0 Å². The van der Waals surface area contributed by atoms with Gasteiger partial charge in [0.05, 0.1) is 6.33 Å². The molecule has 2 heterocycles. The van der Waals surface area contributed by atoms with Gasteiger partial charge in [-0.05, 0) is 24.1 Å². The Morgan fingerprint density at radius 1 is 1.04 bits per heavy atom. The molecule has 0 amide bonds. The second-order valence-corrected chi connectivity index (χ2v) is 7.10. The number of halogens is 1. The third-order valence-corrected chi connectivity index (χ3v) is 4.42. The predicted octanol–water partition coefficient (Wildman–Crippen LogP) is 4.03. The van der Waals surface area contributed by atoms with E-state index >= 15 is 0 Å². The molecule has 0 aliphatic carbocycles. The van der Waals surface area contributed by atoms with Gasteiger partial charge in [-0.2, -0.15) is 0 Å². The number of aryl methyl sites for hydroxylation is 1. The molecule has 6 heteroatoms. The van der Waals surface area contributed by atoms with Crippen molar-refractivity contribution in [3.05, 3.63) is 78.1 Å². The van der Waals surface area contributed by atoms with E-state index in [0.29, 0.717) is 5.92 Å². The van der Waals surface area contributed by atoms with Gasteiger partial charge in [-0.25, -0.2) is 19.3 Å². The van der Waals surface area contributed by atoms with Crippen molar-refractivity contribution in [2.24, 2.45) is 0 Å². The predicted molar refractivity (Wildman–Crippen MR) is 103 cm³/mol. The van der Waals surface area contributed by atoms with Gasteiger partial charge in [0, 0.05) is 62.4 Å². The van der Waals surface area contributed by atoms with Crippen molar-refractivity contribution in [3.8, 4) is 0 Å². The first-order valence-electron chi connectivity index (χ1n) is 9.33. The van der Waals surface area contributed by atoms with Crippen LogP contribution < -0.4 is 0 Å². The Morgan fingerprint density at radius 2 is 1.74 bits per heavy atom. The standard InChI is InChI=1S/C21H26FN5/c1-17(2)21-24-12-19(13-25-21)15-27(10-3-9-26-11-8-23-16-26)14-18-4-6-20(22)7-5-18/h4-8,11-13,16-17H,3,9-10,14-15H2,1-2H3. The number of imidazole rings is 1. The molecular formula is C21H26FN5. The Morgan fingerprint density at radius 3 is 2.37 bits per heavy atom. The molecule has 0 unspecified atom stereocenters. The highest BCUT2D eigenvalue weighted by atomic mass is 19.1. The minimum atomic E-state index is -0.205. The van der Waals surface area contributed by atoms with Crippen LogP contribution in [-0.2, 0) is 19.6 Å². The van der Waals surface area contributed by atoms with Crippen LogP contribution in [0.5, 0.6) is 0 Å². The largest absolute Gasteiger partial charge is 0.337 e. The zero-order valence-corrected chi connectivity index (χ0v) is 15.9. The third-order valence-electron chi connectivity index (χ3n) is 4.42. The van der Waals surface area contributed by atoms with Gasteiger partial charge < -0.3 is 4.57 Å². The summed E-state index contributed by atoms with van der Waals surface area (Å²) in [7, 11) is 0. The fraction of sp³-hybridized carbons (Fsp3) is 0.381. The lowest BCUT2D eigenvalue weighted by Crippen LogP contribution is -2.25. The second-order valence-electron chi connectivity index (χ2n) is 7.10. The molecule has 2 aromatic heterocycles. The van der Waals surface area contributed by atoms with E-state index in [1.54, 1.807) is 6.20 Å². The lowest BCUT2D eigenvalue weighted by molar-refractivity contribution is 0.248. The molecule has 0 N–H and O–H groups in total. The lowest BCUT2D eigenvalue weighted by atomic mass is 10.2. The average molecular weight is 367 g/mol. The summed E-state index contributed by atoms with van der Waals surface area (Å²) in [6, 6.07) is 6.71. The van der Waals surface area contributed by atoms with E-state index in [4.69, 9.17) is 0 Å². The molecule has 0 bridgehead atoms. The molecule has 3 aromatic rings. The highest BCUT2D eigenvalue weighted by molar-refractivity contribution is 5.16. The molecule has 0 aliphatic heterocycles. The van der Waals surface area contributed by atoms with Gasteiger partial charge in [0.15, 0.2) is 0 Å². The topological polar surface area (TPSA) is 46.8 Å². The number of benzene rings is 1. The van der Waals surface area contributed by atoms with Crippen molar-refractivity contribution in [2.75, 3.05) is 6.54 Å². The monoisotopic (exact) mass is 367 g/mol. The van der Waals surface area contributed by atoms with Crippen LogP contribution in [0.1, 0.15) is 43.1 Å². The first-order valence-corrected chi connectivity index (χ1v) is 9.33. The molecule has 0 atom stereocenters. The third kappa shape index (κ3) is 5.96. The van der Waals surface area contributed by atoms with E-state index in [1.807, 2.05) is 37.1 Å². The Hall–Kier alpha value is -2.60. The molecular weight excluding hydrogens is 341 g/mol. The van der Waals surface area contributed by atoms with Gasteiger partial charge in [-0.15, -0.1) is 0 Å². The quantitative estimate of drug-likeness (QED) is 0.573. The van der Waals surface area contributed by atoms with E-state index in [0.717, 1.165) is 49.6 Å². The number of hydrogen-bond acceptors (Lipinski definition) is 4. The Labute approximate surface area is 159 Å². The summed E-state index contributed by atoms with van der Waals surface area (Å²) in [6.45, 7) is 7.54. The minimum Gasteiger partial charge on any atom is -0.337 e. The summed E-state index contributed by atoms with van der Waals surface area (Å²) >= 11 is 0. The molecule has 142 valence electrons. The SMILES string of the molecule is CC(C)c1ncc(CN(CCCn2ccnc2)Cc2ccc(F)cc2)cn1. The molecule has 0 fully saturated rings. The van der Waals surface area contributed by atoms with Crippen molar-refractivity contribution in [1.82, 2.24) is 24.4 Å². The van der Waals surface area contributed by atoms with Crippen LogP contribution in [0.3, 0.4) is 0 Å². The Kier molecular flexibility index (Phi) is 6.65. The van der Waals surface area contributed by atoms with Crippen LogP contribution in [0.15, 0.2) is 55.4 Å². The normalized spacial score (nSPS) is 11.4. The van der Waals surface area contributed by atoms with E-state index < -0.39 is 0 Å². The summed E-state index contributed by atoms with van der Waals surface area (Å²) in [5.41, 5.74) is 2.18. The Bertz CT molecular complexity index is 798. The highest BCUT2D eigenvalue weighted by Gasteiger charge is 2.10. The van der Waals surface area contributed by atoms with Gasteiger partial charge in [-0.3, -0.25) is 4.90 Å². The van der Waals surface area contributed by atoms with Gasteiger partial charge in [0.25, 0.3) is 0 Å². The summed E-state index contributed by atoms with van der Waals surface area (Å²) in [4.78, 5) is 15.4. The highest BCUT2D eigenvalue weighted by Crippen LogP contribution is 2.13. The van der Waals surface area contributed by atoms with Gasteiger partial charge in [0.2, 0.25) is 0 Å². The molecule has 0 radical (unpaired) electrons. The van der Waals surface area contributed by atoms with Crippen LogP contribution in [-0.4, -0.2) is 31.0 Å². The van der Waals surface area contributed by atoms with E-state index in [-0.39, 0.29) is 5.82 Å². The lowest BCUT2D eigenvalue weighted by Gasteiger charge is -2.22. The van der Waals surface area contributed by atoms with Crippen molar-refractivity contribution < 1.29 is 4.39 Å². The number of rotatable bonds is 9. The molecule has 5 nitrogen and oxygen atoms in total. The molecule has 27 heavy (non-hydrogen) atoms. The van der Waals surface area contributed by atoms with E-state index in [2.05, 4.69) is 38.3 Å². The maximum Gasteiger partial charge on any atom is 0.130 e. The van der Waals surface area contributed by atoms with Crippen molar-refractivity contribution in [2.45, 2.75) is 45.8 Å². The fourth-order valence-corrected chi connectivity index (χ4v) is 2.96. The molecule has 0 saturated carbocycles. The van der Waals surface area contributed by atoms with E-state index in [1.165, 1.54) is 12.1 Å². The molecule has 0 saturated heterocycles. The first-order chi connectivity index (χ1) is 13.1. The van der Waals surface area contributed by atoms with Crippen molar-refractivity contribution >= 4 is 0 Å². The summed E-state index contributed by atoms with van der Waals surface area (Å²) in [5.74, 6) is 0.983. The zero-order valence-electron chi connectivity index (χ0n) is 15.9. The number of hydrogen-bond donors (Lipinski definition) is 0. The van der Waals surface area contributed by atoms with Crippen LogP contribution in [0.4, 0.5) is 4.39 Å². The second kappa shape index (κ2) is 9.37. The van der Waals surface area contributed by atoms with Gasteiger partial charge >= 0.3 is 0 Å². The van der Waals surface area contributed by atoms with Crippen LogP contribution in [0, 0.1) is 5.82 Å². The number of aromatic nitrogens is 4. The molecule has 3 rings (SSSR count). The van der Waals surface area contributed by atoms with Gasteiger partial charge in [0.1, 0.15) is 11.6 Å². The average Bonchev–Trinajstić information content (AvgIpc) is 3.17. The Balaban J connectivity index is 1.64. The maximum absolute atomic E-state index is 13.2. The van der Waals surface area contributed by atoms with Crippen LogP contribution in [0.25, 0.3) is 0 Å². The van der Waals surface area contributed by atoms with Crippen LogP contribution in [0.2, 0.25) is 0 Å². The fourth-order valence-electron chi connectivity index (χ4n) is 2.96. The first kappa shape index (κ1) is 19.2. The van der Waals surface area contributed by atoms with Gasteiger partial charge in [-0.1, -0.05) is 26.0 Å². The summed E-state index contributed by atoms with van der Waals surface area (Å²) in [6.07, 6.45) is 10.4. The smallest absolute Gasteiger partial charge is 0.130 e. The number of nitrogens with zero attached hydrogens (tertiary/aromatic N) is 5. The molecule has 0 spiro atoms. The summed E-state index contributed by atoms with van der Waals surface area (Å²) < 4.78 is 15.3. The molecule has 1 aromatic carbocycles. The van der Waals surface area contributed by atoms with Crippen LogP contribution >= 0.6 is 0 Å².